The highest BCUT2D eigenvalue weighted by Crippen LogP contribution is 2.15. The van der Waals surface area contributed by atoms with E-state index in [1.807, 2.05) is 19.1 Å². The fourth-order valence-corrected chi connectivity index (χ4v) is 2.09. The van der Waals surface area contributed by atoms with Crippen molar-refractivity contribution in [3.05, 3.63) is 59.3 Å². The molecule has 21 heavy (non-hydrogen) atoms. The zero-order valence-corrected chi connectivity index (χ0v) is 12.1. The Hall–Kier alpha value is -2.14. The van der Waals surface area contributed by atoms with Crippen molar-refractivity contribution < 1.29 is 18.3 Å². The Morgan fingerprint density at radius 3 is 2.71 bits per heavy atom. The van der Waals surface area contributed by atoms with Crippen LogP contribution in [0.25, 0.3) is 0 Å². The van der Waals surface area contributed by atoms with Crippen molar-refractivity contribution in [2.24, 2.45) is 0 Å². The van der Waals surface area contributed by atoms with E-state index in [0.717, 1.165) is 17.9 Å². The van der Waals surface area contributed by atoms with E-state index in [1.165, 1.54) is 19.2 Å². The lowest BCUT2D eigenvalue weighted by molar-refractivity contribution is 0.0595. The minimum Gasteiger partial charge on any atom is -0.468 e. The average Bonchev–Trinajstić information content (AvgIpc) is 2.99. The van der Waals surface area contributed by atoms with Crippen LogP contribution in [0, 0.1) is 5.82 Å². The molecule has 0 aliphatic rings. The van der Waals surface area contributed by atoms with Crippen LogP contribution >= 0.6 is 0 Å². The summed E-state index contributed by atoms with van der Waals surface area (Å²) < 4.78 is 23.7. The number of methoxy groups -OCH3 is 1. The molecule has 0 aliphatic carbocycles. The van der Waals surface area contributed by atoms with Gasteiger partial charge in [0, 0.05) is 6.54 Å². The van der Waals surface area contributed by atoms with Gasteiger partial charge in [0.15, 0.2) is 0 Å². The van der Waals surface area contributed by atoms with E-state index in [2.05, 4.69) is 9.64 Å². The zero-order valence-electron chi connectivity index (χ0n) is 12.1. The van der Waals surface area contributed by atoms with E-state index in [9.17, 15) is 9.18 Å². The van der Waals surface area contributed by atoms with Gasteiger partial charge in [-0.3, -0.25) is 4.90 Å². The Bertz CT molecular complexity index is 596. The molecule has 0 saturated heterocycles. The predicted molar refractivity (Wildman–Crippen MR) is 76.2 cm³/mol. The molecule has 0 radical (unpaired) electrons. The number of benzene rings is 1. The van der Waals surface area contributed by atoms with Crippen molar-refractivity contribution in [3.8, 4) is 0 Å². The molecule has 1 heterocycles. The first-order valence-corrected chi connectivity index (χ1v) is 6.75. The van der Waals surface area contributed by atoms with Gasteiger partial charge in [-0.2, -0.15) is 0 Å². The van der Waals surface area contributed by atoms with Gasteiger partial charge in [-0.25, -0.2) is 9.18 Å². The van der Waals surface area contributed by atoms with E-state index in [0.29, 0.717) is 13.1 Å². The lowest BCUT2D eigenvalue weighted by Gasteiger charge is -2.19. The summed E-state index contributed by atoms with van der Waals surface area (Å²) in [6.45, 7) is 4.07. The fraction of sp³-hybridized carbons (Fsp3) is 0.312. The first-order chi connectivity index (χ1) is 10.1. The number of esters is 1. The number of ether oxygens (including phenoxy) is 1. The van der Waals surface area contributed by atoms with Crippen molar-refractivity contribution >= 4 is 5.97 Å². The summed E-state index contributed by atoms with van der Waals surface area (Å²) in [5.74, 6) is -0.362. The molecule has 1 aromatic carbocycles. The van der Waals surface area contributed by atoms with Crippen LogP contribution in [0.3, 0.4) is 0 Å². The predicted octanol–water partition coefficient (Wildman–Crippen LogP) is 3.23. The zero-order chi connectivity index (χ0) is 15.2. The van der Waals surface area contributed by atoms with Gasteiger partial charge in [0.2, 0.25) is 0 Å². The molecule has 5 heteroatoms. The molecule has 0 spiro atoms. The van der Waals surface area contributed by atoms with Crippen LogP contribution in [0.2, 0.25) is 0 Å². The Morgan fingerprint density at radius 1 is 1.33 bits per heavy atom. The maximum absolute atomic E-state index is 13.9. The molecule has 0 N–H and O–H groups in total. The van der Waals surface area contributed by atoms with Gasteiger partial charge in [-0.1, -0.05) is 13.0 Å². The molecule has 2 rings (SSSR count). The number of carbonyl (C=O) groups excluding carboxylic acids is 1. The molecule has 0 unspecified atom stereocenters. The topological polar surface area (TPSA) is 42.7 Å². The number of furan rings is 1. The van der Waals surface area contributed by atoms with E-state index in [-0.39, 0.29) is 5.56 Å². The first kappa shape index (κ1) is 15.3. The van der Waals surface area contributed by atoms with Gasteiger partial charge >= 0.3 is 5.97 Å². The van der Waals surface area contributed by atoms with Crippen LogP contribution in [-0.2, 0) is 17.8 Å². The van der Waals surface area contributed by atoms with Gasteiger partial charge in [-0.15, -0.1) is 0 Å². The largest absolute Gasteiger partial charge is 0.468 e. The van der Waals surface area contributed by atoms with E-state index in [4.69, 9.17) is 4.42 Å². The summed E-state index contributed by atoms with van der Waals surface area (Å²) in [6, 6.07) is 8.31. The van der Waals surface area contributed by atoms with Gasteiger partial charge in [0.25, 0.3) is 0 Å². The van der Waals surface area contributed by atoms with Crippen LogP contribution in [0.1, 0.15) is 28.6 Å². The Balaban J connectivity index is 2.07. The highest BCUT2D eigenvalue weighted by atomic mass is 19.1. The van der Waals surface area contributed by atoms with E-state index >= 15 is 0 Å². The third-order valence-corrected chi connectivity index (χ3v) is 3.25. The van der Waals surface area contributed by atoms with Crippen LogP contribution < -0.4 is 0 Å². The summed E-state index contributed by atoms with van der Waals surface area (Å²) in [5.41, 5.74) is 0.754. The Kier molecular flexibility index (Phi) is 5.11. The smallest absolute Gasteiger partial charge is 0.340 e. The Morgan fingerprint density at radius 2 is 2.14 bits per heavy atom. The summed E-state index contributed by atoms with van der Waals surface area (Å²) in [7, 11) is 1.23. The normalized spacial score (nSPS) is 10.9. The van der Waals surface area contributed by atoms with Crippen LogP contribution in [0.5, 0.6) is 0 Å². The van der Waals surface area contributed by atoms with Crippen molar-refractivity contribution in [3.63, 3.8) is 0 Å². The fourth-order valence-electron chi connectivity index (χ4n) is 2.09. The number of carbonyl (C=O) groups is 1. The number of rotatable bonds is 6. The molecule has 0 bridgehead atoms. The van der Waals surface area contributed by atoms with E-state index in [1.54, 1.807) is 12.3 Å². The molecule has 0 aliphatic heterocycles. The number of hydrogen-bond acceptors (Lipinski definition) is 4. The molecule has 4 nitrogen and oxygen atoms in total. The third kappa shape index (κ3) is 3.92. The summed E-state index contributed by atoms with van der Waals surface area (Å²) >= 11 is 0. The van der Waals surface area contributed by atoms with Gasteiger partial charge < -0.3 is 9.15 Å². The molecule has 1 aromatic heterocycles. The molecular weight excluding hydrogens is 273 g/mol. The number of halogens is 1. The van der Waals surface area contributed by atoms with Gasteiger partial charge in [0.1, 0.15) is 11.6 Å². The number of nitrogens with zero attached hydrogens (tertiary/aromatic N) is 1. The van der Waals surface area contributed by atoms with Crippen molar-refractivity contribution in [1.82, 2.24) is 4.90 Å². The van der Waals surface area contributed by atoms with Crippen molar-refractivity contribution in [2.45, 2.75) is 20.0 Å². The standard InChI is InChI=1S/C16H18FNO3/c1-3-18(11-13-5-4-8-21-13)10-12-6-7-14(15(17)9-12)16(19)20-2/h4-9H,3,10-11H2,1-2H3. The molecule has 112 valence electrons. The molecular formula is C16H18FNO3. The quantitative estimate of drug-likeness (QED) is 0.766. The second-order valence-corrected chi connectivity index (χ2v) is 4.69. The maximum Gasteiger partial charge on any atom is 0.340 e. The highest BCUT2D eigenvalue weighted by molar-refractivity contribution is 5.89. The monoisotopic (exact) mass is 291 g/mol. The minimum absolute atomic E-state index is 0.0460. The van der Waals surface area contributed by atoms with Gasteiger partial charge in [-0.05, 0) is 36.4 Å². The highest BCUT2D eigenvalue weighted by Gasteiger charge is 2.13. The maximum atomic E-state index is 13.9. The first-order valence-electron chi connectivity index (χ1n) is 6.75. The lowest BCUT2D eigenvalue weighted by Crippen LogP contribution is -2.22. The minimum atomic E-state index is -0.665. The molecule has 0 amide bonds. The summed E-state index contributed by atoms with van der Waals surface area (Å²) in [4.78, 5) is 13.5. The van der Waals surface area contributed by atoms with Crippen molar-refractivity contribution in [2.75, 3.05) is 13.7 Å². The second kappa shape index (κ2) is 7.04. The van der Waals surface area contributed by atoms with E-state index < -0.39 is 11.8 Å². The van der Waals surface area contributed by atoms with Gasteiger partial charge in [0.05, 0.1) is 25.5 Å². The third-order valence-electron chi connectivity index (χ3n) is 3.25. The molecule has 0 atom stereocenters. The van der Waals surface area contributed by atoms with Crippen LogP contribution in [0.15, 0.2) is 41.0 Å². The van der Waals surface area contributed by atoms with Crippen LogP contribution in [0.4, 0.5) is 4.39 Å². The average molecular weight is 291 g/mol. The van der Waals surface area contributed by atoms with Crippen molar-refractivity contribution in [1.29, 1.82) is 0 Å². The van der Waals surface area contributed by atoms with Crippen LogP contribution in [-0.4, -0.2) is 24.5 Å². The Labute approximate surface area is 123 Å². The SMILES string of the molecule is CCN(Cc1ccc(C(=O)OC)c(F)c1)Cc1ccco1. The second-order valence-electron chi connectivity index (χ2n) is 4.69. The molecule has 0 fully saturated rings. The molecule has 0 saturated carbocycles. The number of hydrogen-bond donors (Lipinski definition) is 0. The summed E-state index contributed by atoms with van der Waals surface area (Å²) in [6.07, 6.45) is 1.63. The lowest BCUT2D eigenvalue weighted by atomic mass is 10.1. The summed E-state index contributed by atoms with van der Waals surface area (Å²) in [5, 5.41) is 0. The molecule has 2 aromatic rings.